The van der Waals surface area contributed by atoms with Gasteiger partial charge in [-0.25, -0.2) is 0 Å². The van der Waals surface area contributed by atoms with Gasteiger partial charge in [-0.3, -0.25) is 9.59 Å². The van der Waals surface area contributed by atoms with E-state index in [9.17, 15) is 19.8 Å². The average molecular weight is 472 g/mol. The zero-order chi connectivity index (χ0) is 25.0. The molecule has 3 aromatic carbocycles. The molecule has 2 bridgehead atoms. The number of rotatable bonds is 5. The van der Waals surface area contributed by atoms with Gasteiger partial charge in [0.25, 0.3) is 5.91 Å². The molecule has 1 saturated heterocycles. The van der Waals surface area contributed by atoms with Gasteiger partial charge in [0, 0.05) is 17.0 Å². The standard InChI is InChI=1S/C29H29NO5/c1-27(2)28(3)16-17-29(27,35-26(28)34)25(33)30-23-7-5-4-6-22(23)24(18-8-12-20(31)13-9-18)19-10-14-21(32)15-11-19/h4-15,24,31-32H,16-17H2,1-3H3,(H,30,33). The fourth-order valence-corrected chi connectivity index (χ4v) is 5.72. The van der Waals surface area contributed by atoms with Crippen LogP contribution >= 0.6 is 0 Å². The van der Waals surface area contributed by atoms with E-state index in [-0.39, 0.29) is 29.3 Å². The van der Waals surface area contributed by atoms with Gasteiger partial charge in [-0.2, -0.15) is 0 Å². The molecule has 1 amide bonds. The number of amides is 1. The van der Waals surface area contributed by atoms with Gasteiger partial charge in [-0.1, -0.05) is 56.3 Å². The first-order valence-electron chi connectivity index (χ1n) is 11.8. The van der Waals surface area contributed by atoms with Crippen molar-refractivity contribution in [1.29, 1.82) is 0 Å². The van der Waals surface area contributed by atoms with E-state index in [1.165, 1.54) is 0 Å². The van der Waals surface area contributed by atoms with Crippen LogP contribution in [0.15, 0.2) is 72.8 Å². The second kappa shape index (κ2) is 7.87. The maximum Gasteiger partial charge on any atom is 0.313 e. The molecule has 35 heavy (non-hydrogen) atoms. The molecule has 0 spiro atoms. The van der Waals surface area contributed by atoms with Gasteiger partial charge in [0.1, 0.15) is 11.5 Å². The highest BCUT2D eigenvalue weighted by molar-refractivity contribution is 6.03. The van der Waals surface area contributed by atoms with Gasteiger partial charge in [-0.05, 0) is 66.8 Å². The van der Waals surface area contributed by atoms with E-state index < -0.39 is 16.4 Å². The highest BCUT2D eigenvalue weighted by Crippen LogP contribution is 2.65. The van der Waals surface area contributed by atoms with E-state index in [0.29, 0.717) is 18.5 Å². The number of fused-ring (bicyclic) bond motifs is 2. The number of phenols is 2. The molecule has 2 aliphatic rings. The van der Waals surface area contributed by atoms with Crippen LogP contribution in [0.1, 0.15) is 56.2 Å². The van der Waals surface area contributed by atoms with E-state index in [1.807, 2.05) is 69.3 Å². The highest BCUT2D eigenvalue weighted by Gasteiger charge is 2.75. The van der Waals surface area contributed by atoms with Crippen LogP contribution in [-0.4, -0.2) is 27.7 Å². The zero-order valence-corrected chi connectivity index (χ0v) is 20.0. The van der Waals surface area contributed by atoms with Crippen LogP contribution in [0.5, 0.6) is 11.5 Å². The molecule has 6 nitrogen and oxygen atoms in total. The third-order valence-electron chi connectivity index (χ3n) is 8.42. The number of nitrogens with one attached hydrogen (secondary N) is 1. The number of benzene rings is 3. The SMILES string of the molecule is CC12CCC(C(=O)Nc3ccccc3C(c3ccc(O)cc3)c3ccc(O)cc3)(OC1=O)C2(C)C. The van der Waals surface area contributed by atoms with Crippen LogP contribution in [0.3, 0.4) is 0 Å². The average Bonchev–Trinajstić information content (AvgIpc) is 3.13. The van der Waals surface area contributed by atoms with Gasteiger partial charge < -0.3 is 20.3 Å². The third kappa shape index (κ3) is 3.31. The summed E-state index contributed by atoms with van der Waals surface area (Å²) in [5, 5.41) is 22.8. The van der Waals surface area contributed by atoms with Crippen LogP contribution in [-0.2, 0) is 14.3 Å². The van der Waals surface area contributed by atoms with Crippen LogP contribution in [0.4, 0.5) is 5.69 Å². The summed E-state index contributed by atoms with van der Waals surface area (Å²) < 4.78 is 5.79. The van der Waals surface area contributed by atoms with Crippen molar-refractivity contribution in [3.63, 3.8) is 0 Å². The number of hydrogen-bond donors (Lipinski definition) is 3. The summed E-state index contributed by atoms with van der Waals surface area (Å²) in [5.74, 6) is -0.594. The lowest BCUT2D eigenvalue weighted by Crippen LogP contribution is -2.50. The van der Waals surface area contributed by atoms with Crippen LogP contribution < -0.4 is 5.32 Å². The summed E-state index contributed by atoms with van der Waals surface area (Å²) in [5.41, 5.74) is 0.720. The van der Waals surface area contributed by atoms with Crippen molar-refractivity contribution in [2.75, 3.05) is 5.32 Å². The molecule has 6 heteroatoms. The molecule has 0 radical (unpaired) electrons. The molecule has 2 unspecified atom stereocenters. The molecule has 5 rings (SSSR count). The first-order valence-corrected chi connectivity index (χ1v) is 11.8. The molecule has 2 fully saturated rings. The minimum Gasteiger partial charge on any atom is -0.508 e. The number of carbonyl (C=O) groups excluding carboxylic acids is 2. The largest absolute Gasteiger partial charge is 0.508 e. The van der Waals surface area contributed by atoms with Crippen molar-refractivity contribution in [1.82, 2.24) is 0 Å². The Bertz CT molecular complexity index is 1250. The quantitative estimate of drug-likeness (QED) is 0.345. The monoisotopic (exact) mass is 471 g/mol. The summed E-state index contributed by atoms with van der Waals surface area (Å²) in [6.45, 7) is 5.76. The Kier molecular flexibility index (Phi) is 5.16. The molecule has 2 atom stereocenters. The minimum atomic E-state index is -1.22. The lowest BCUT2D eigenvalue weighted by Gasteiger charge is -2.35. The normalized spacial score (nSPS) is 24.4. The van der Waals surface area contributed by atoms with E-state index in [2.05, 4.69) is 5.32 Å². The number of esters is 1. The van der Waals surface area contributed by atoms with E-state index in [4.69, 9.17) is 4.74 Å². The van der Waals surface area contributed by atoms with Crippen LogP contribution in [0.2, 0.25) is 0 Å². The van der Waals surface area contributed by atoms with Crippen LogP contribution in [0.25, 0.3) is 0 Å². The number of hydrogen-bond acceptors (Lipinski definition) is 5. The Morgan fingerprint density at radius 3 is 1.89 bits per heavy atom. The number of aromatic hydroxyl groups is 2. The lowest BCUT2D eigenvalue weighted by atomic mass is 9.66. The first-order chi connectivity index (χ1) is 16.6. The van der Waals surface area contributed by atoms with Crippen molar-refractivity contribution in [2.45, 2.75) is 45.1 Å². The van der Waals surface area contributed by atoms with Crippen LogP contribution in [0, 0.1) is 10.8 Å². The zero-order valence-electron chi connectivity index (χ0n) is 20.0. The molecular formula is C29H29NO5. The number of ether oxygens (including phenoxy) is 1. The molecule has 1 aliphatic heterocycles. The number of phenolic OH excluding ortho intramolecular Hbond substituents is 2. The Morgan fingerprint density at radius 2 is 1.40 bits per heavy atom. The molecule has 3 N–H and O–H groups in total. The molecule has 3 aromatic rings. The first kappa shape index (κ1) is 23.0. The van der Waals surface area contributed by atoms with Gasteiger partial charge in [0.2, 0.25) is 0 Å². The summed E-state index contributed by atoms with van der Waals surface area (Å²) in [4.78, 5) is 26.5. The van der Waals surface area contributed by atoms with E-state index in [0.717, 1.165) is 16.7 Å². The van der Waals surface area contributed by atoms with Gasteiger partial charge in [-0.15, -0.1) is 0 Å². The minimum absolute atomic E-state index is 0.161. The van der Waals surface area contributed by atoms with Gasteiger partial charge in [0.15, 0.2) is 5.60 Å². The Labute approximate surface area is 204 Å². The summed E-state index contributed by atoms with van der Waals surface area (Å²) in [7, 11) is 0. The second-order valence-electron chi connectivity index (χ2n) is 10.3. The maximum atomic E-state index is 13.8. The van der Waals surface area contributed by atoms with E-state index >= 15 is 0 Å². The fraction of sp³-hybridized carbons (Fsp3) is 0.310. The maximum absolute atomic E-state index is 13.8. The third-order valence-corrected chi connectivity index (χ3v) is 8.42. The van der Waals surface area contributed by atoms with Crippen molar-refractivity contribution >= 4 is 17.6 Å². The highest BCUT2D eigenvalue weighted by atomic mass is 16.6. The number of anilines is 1. The van der Waals surface area contributed by atoms with Crippen molar-refractivity contribution in [2.24, 2.45) is 10.8 Å². The topological polar surface area (TPSA) is 95.9 Å². The Hall–Kier alpha value is -3.80. The van der Waals surface area contributed by atoms with Gasteiger partial charge in [0.05, 0.1) is 5.41 Å². The second-order valence-corrected chi connectivity index (χ2v) is 10.3. The molecule has 1 heterocycles. The summed E-state index contributed by atoms with van der Waals surface area (Å²) in [6, 6.07) is 21.4. The van der Waals surface area contributed by atoms with E-state index in [1.54, 1.807) is 24.3 Å². The smallest absolute Gasteiger partial charge is 0.313 e. The molecule has 0 aromatic heterocycles. The summed E-state index contributed by atoms with van der Waals surface area (Å²) >= 11 is 0. The molecule has 180 valence electrons. The predicted molar refractivity (Wildman–Crippen MR) is 132 cm³/mol. The number of para-hydroxylation sites is 1. The molecule has 1 aliphatic carbocycles. The van der Waals surface area contributed by atoms with Crippen molar-refractivity contribution in [3.8, 4) is 11.5 Å². The summed E-state index contributed by atoms with van der Waals surface area (Å²) in [6.07, 6.45) is 1.09. The fourth-order valence-electron chi connectivity index (χ4n) is 5.72. The predicted octanol–water partition coefficient (Wildman–Crippen LogP) is 5.34. The van der Waals surface area contributed by atoms with Crippen molar-refractivity contribution in [3.05, 3.63) is 89.5 Å². The Morgan fingerprint density at radius 1 is 0.857 bits per heavy atom. The number of carbonyl (C=O) groups is 2. The Balaban J connectivity index is 1.57. The van der Waals surface area contributed by atoms with Crippen molar-refractivity contribution < 1.29 is 24.5 Å². The molecular weight excluding hydrogens is 442 g/mol. The lowest BCUT2D eigenvalue weighted by molar-refractivity contribution is -0.165. The molecule has 1 saturated carbocycles. The van der Waals surface area contributed by atoms with Gasteiger partial charge >= 0.3 is 5.97 Å².